The summed E-state index contributed by atoms with van der Waals surface area (Å²) in [5.74, 6) is 0.362. The Hall–Kier alpha value is -2.82. The molecule has 180 valence electrons. The Morgan fingerprint density at radius 1 is 1.06 bits per heavy atom. The quantitative estimate of drug-likeness (QED) is 0.528. The number of sulfonamides is 1. The Morgan fingerprint density at radius 3 is 2.59 bits per heavy atom. The van der Waals surface area contributed by atoms with E-state index in [0.29, 0.717) is 30.1 Å². The van der Waals surface area contributed by atoms with Crippen LogP contribution in [0.4, 0.5) is 5.69 Å². The summed E-state index contributed by atoms with van der Waals surface area (Å²) in [4.78, 5) is 16.0. The molecular weight excluding hydrogens is 454 g/mol. The van der Waals surface area contributed by atoms with E-state index in [9.17, 15) is 8.42 Å². The van der Waals surface area contributed by atoms with Crippen molar-refractivity contribution in [2.45, 2.75) is 25.4 Å². The fraction of sp³-hybridized carbons (Fsp3) is 0.458. The summed E-state index contributed by atoms with van der Waals surface area (Å²) in [6.07, 6.45) is 7.85. The molecule has 0 saturated carbocycles. The van der Waals surface area contributed by atoms with Gasteiger partial charge in [-0.15, -0.1) is 0 Å². The second-order valence-electron chi connectivity index (χ2n) is 8.76. The van der Waals surface area contributed by atoms with Crippen LogP contribution in [0, 0.1) is 0 Å². The van der Waals surface area contributed by atoms with E-state index < -0.39 is 10.0 Å². The van der Waals surface area contributed by atoms with Gasteiger partial charge in [0.05, 0.1) is 24.1 Å². The first-order valence-corrected chi connectivity index (χ1v) is 13.5. The average Bonchev–Trinajstić information content (AvgIpc) is 2.87. The molecule has 1 atom stereocenters. The molecule has 34 heavy (non-hydrogen) atoms. The molecule has 0 unspecified atom stereocenters. The van der Waals surface area contributed by atoms with Gasteiger partial charge in [-0.1, -0.05) is 12.1 Å². The van der Waals surface area contributed by atoms with Crippen molar-refractivity contribution in [3.63, 3.8) is 0 Å². The van der Waals surface area contributed by atoms with E-state index in [4.69, 9.17) is 14.5 Å². The lowest BCUT2D eigenvalue weighted by Crippen LogP contribution is -2.47. The van der Waals surface area contributed by atoms with Gasteiger partial charge in [-0.3, -0.25) is 4.98 Å². The highest BCUT2D eigenvalue weighted by Crippen LogP contribution is 2.29. The number of ether oxygens (including phenoxy) is 2. The number of rotatable bonds is 6. The van der Waals surface area contributed by atoms with Gasteiger partial charge in [-0.25, -0.2) is 18.4 Å². The van der Waals surface area contributed by atoms with Crippen LogP contribution in [0.15, 0.2) is 42.7 Å². The first kappa shape index (κ1) is 22.9. The number of piperidine rings is 1. The van der Waals surface area contributed by atoms with E-state index in [2.05, 4.69) is 39.1 Å². The van der Waals surface area contributed by atoms with Gasteiger partial charge in [0.15, 0.2) is 5.52 Å². The van der Waals surface area contributed by atoms with Crippen LogP contribution >= 0.6 is 0 Å². The molecule has 0 radical (unpaired) electrons. The predicted molar refractivity (Wildman–Crippen MR) is 130 cm³/mol. The van der Waals surface area contributed by atoms with Crippen LogP contribution in [-0.2, 0) is 14.8 Å². The van der Waals surface area contributed by atoms with E-state index in [0.717, 1.165) is 24.3 Å². The van der Waals surface area contributed by atoms with Crippen LogP contribution in [0.2, 0.25) is 0 Å². The molecule has 0 bridgehead atoms. The molecular formula is C24H29N5O4S. The maximum absolute atomic E-state index is 11.9. The second kappa shape index (κ2) is 9.81. The summed E-state index contributed by atoms with van der Waals surface area (Å²) < 4.78 is 37.0. The summed E-state index contributed by atoms with van der Waals surface area (Å²) in [7, 11) is -3.27. The van der Waals surface area contributed by atoms with Gasteiger partial charge in [-0.2, -0.15) is 4.31 Å². The third-order valence-electron chi connectivity index (χ3n) is 6.29. The minimum Gasteiger partial charge on any atom is -0.473 e. The molecule has 0 aliphatic carbocycles. The van der Waals surface area contributed by atoms with Crippen LogP contribution in [0.1, 0.15) is 19.3 Å². The van der Waals surface area contributed by atoms with Crippen molar-refractivity contribution in [2.24, 2.45) is 0 Å². The number of hydrogen-bond donors (Lipinski definition) is 0. The lowest BCUT2D eigenvalue weighted by molar-refractivity contribution is -0.0252. The van der Waals surface area contributed by atoms with Crippen molar-refractivity contribution in [3.8, 4) is 17.1 Å². The van der Waals surface area contributed by atoms with Crippen molar-refractivity contribution in [1.29, 1.82) is 0 Å². The molecule has 4 heterocycles. The Labute approximate surface area is 199 Å². The number of hydrogen-bond acceptors (Lipinski definition) is 8. The van der Waals surface area contributed by atoms with E-state index in [1.807, 2.05) is 6.07 Å². The third kappa shape index (κ3) is 5.13. The third-order valence-corrected chi connectivity index (χ3v) is 7.55. The summed E-state index contributed by atoms with van der Waals surface area (Å²) >= 11 is 0. The van der Waals surface area contributed by atoms with Crippen molar-refractivity contribution < 1.29 is 17.9 Å². The molecule has 0 amide bonds. The van der Waals surface area contributed by atoms with Crippen LogP contribution < -0.4 is 9.64 Å². The van der Waals surface area contributed by atoms with Crippen molar-refractivity contribution in [1.82, 2.24) is 19.3 Å². The van der Waals surface area contributed by atoms with Gasteiger partial charge in [-0.05, 0) is 37.5 Å². The smallest absolute Gasteiger partial charge is 0.242 e. The van der Waals surface area contributed by atoms with Gasteiger partial charge in [0, 0.05) is 49.8 Å². The molecule has 2 aliphatic rings. The minimum absolute atomic E-state index is 0.169. The molecule has 2 aliphatic heterocycles. The minimum atomic E-state index is -3.27. The summed E-state index contributed by atoms with van der Waals surface area (Å²) in [5.41, 5.74) is 4.19. The molecule has 0 spiro atoms. The second-order valence-corrected chi connectivity index (χ2v) is 10.7. The van der Waals surface area contributed by atoms with E-state index in [1.54, 1.807) is 12.4 Å². The molecule has 2 aromatic heterocycles. The summed E-state index contributed by atoms with van der Waals surface area (Å²) in [5, 5.41) is 0. The fourth-order valence-corrected chi connectivity index (χ4v) is 5.30. The van der Waals surface area contributed by atoms with Gasteiger partial charge >= 0.3 is 0 Å². The molecule has 2 fully saturated rings. The largest absolute Gasteiger partial charge is 0.473 e. The van der Waals surface area contributed by atoms with E-state index in [1.165, 1.54) is 35.5 Å². The Bertz CT molecular complexity index is 1250. The predicted octanol–water partition coefficient (Wildman–Crippen LogP) is 2.72. The SMILES string of the molecule is CS(=O)(=O)N1CCO[C@H](COc2nc(-c3ccc(N4CCCCC4)cc3)cc3nccnc23)C1. The van der Waals surface area contributed by atoms with Crippen LogP contribution in [0.25, 0.3) is 22.3 Å². The highest BCUT2D eigenvalue weighted by Gasteiger charge is 2.27. The first-order chi connectivity index (χ1) is 16.5. The Kier molecular flexibility index (Phi) is 6.62. The molecule has 5 rings (SSSR count). The number of morpholine rings is 1. The molecule has 1 aromatic carbocycles. The number of nitrogens with zero attached hydrogens (tertiary/aromatic N) is 5. The lowest BCUT2D eigenvalue weighted by Gasteiger charge is -2.30. The highest BCUT2D eigenvalue weighted by molar-refractivity contribution is 7.88. The zero-order chi connectivity index (χ0) is 23.5. The van der Waals surface area contributed by atoms with E-state index in [-0.39, 0.29) is 19.3 Å². The highest BCUT2D eigenvalue weighted by atomic mass is 32.2. The zero-order valence-corrected chi connectivity index (χ0v) is 20.1. The zero-order valence-electron chi connectivity index (χ0n) is 19.3. The number of benzene rings is 1. The van der Waals surface area contributed by atoms with Crippen LogP contribution in [-0.4, -0.2) is 79.4 Å². The number of anilines is 1. The monoisotopic (exact) mass is 483 g/mol. The van der Waals surface area contributed by atoms with Crippen molar-refractivity contribution in [2.75, 3.05) is 50.5 Å². The Balaban J connectivity index is 1.37. The molecule has 9 nitrogen and oxygen atoms in total. The average molecular weight is 484 g/mol. The van der Waals surface area contributed by atoms with Crippen molar-refractivity contribution in [3.05, 3.63) is 42.7 Å². The first-order valence-electron chi connectivity index (χ1n) is 11.6. The van der Waals surface area contributed by atoms with Crippen LogP contribution in [0.3, 0.4) is 0 Å². The number of pyridine rings is 1. The topological polar surface area (TPSA) is 97.8 Å². The fourth-order valence-electron chi connectivity index (χ4n) is 4.45. The van der Waals surface area contributed by atoms with Crippen LogP contribution in [0.5, 0.6) is 5.88 Å². The normalized spacial score (nSPS) is 19.9. The number of aromatic nitrogens is 3. The Morgan fingerprint density at radius 2 is 1.82 bits per heavy atom. The molecule has 10 heteroatoms. The summed E-state index contributed by atoms with van der Waals surface area (Å²) in [6.45, 7) is 3.30. The lowest BCUT2D eigenvalue weighted by atomic mass is 10.1. The maximum Gasteiger partial charge on any atom is 0.242 e. The van der Waals surface area contributed by atoms with Gasteiger partial charge in [0.1, 0.15) is 12.7 Å². The van der Waals surface area contributed by atoms with E-state index >= 15 is 0 Å². The standard InChI is InChI=1S/C24H29N5O4S/c1-34(30,31)29-13-14-32-20(16-29)17-33-24-23-22(25-9-10-26-23)15-21(27-24)18-5-7-19(8-6-18)28-11-3-2-4-12-28/h5-10,15,20H,2-4,11-14,16-17H2,1H3/t20-/m0/s1. The molecule has 0 N–H and O–H groups in total. The van der Waals surface area contributed by atoms with Gasteiger partial charge < -0.3 is 14.4 Å². The van der Waals surface area contributed by atoms with Crippen molar-refractivity contribution >= 4 is 26.7 Å². The molecule has 3 aromatic rings. The van der Waals surface area contributed by atoms with Gasteiger partial charge in [0.25, 0.3) is 0 Å². The van der Waals surface area contributed by atoms with Gasteiger partial charge in [0.2, 0.25) is 15.9 Å². The number of fused-ring (bicyclic) bond motifs is 1. The summed E-state index contributed by atoms with van der Waals surface area (Å²) in [6, 6.07) is 10.3. The maximum atomic E-state index is 11.9. The molecule has 2 saturated heterocycles.